The summed E-state index contributed by atoms with van der Waals surface area (Å²) in [5.41, 5.74) is 2.14. The van der Waals surface area contributed by atoms with Crippen molar-refractivity contribution in [2.45, 2.75) is 24.8 Å². The zero-order valence-electron chi connectivity index (χ0n) is 15.6. The SMILES string of the molecule is Cc1ccc(SCCC(=O)Nc2ccccc2C(=O)NCc2ccco2)cc1. The first kappa shape index (κ1) is 19.8. The second kappa shape index (κ2) is 9.80. The molecule has 6 heteroatoms. The zero-order valence-corrected chi connectivity index (χ0v) is 16.4. The third-order valence-electron chi connectivity index (χ3n) is 4.07. The maximum Gasteiger partial charge on any atom is 0.253 e. The summed E-state index contributed by atoms with van der Waals surface area (Å²) >= 11 is 1.63. The number of furan rings is 1. The lowest BCUT2D eigenvalue weighted by Crippen LogP contribution is -2.24. The van der Waals surface area contributed by atoms with Crippen molar-refractivity contribution in [1.29, 1.82) is 0 Å². The van der Waals surface area contributed by atoms with Gasteiger partial charge in [-0.15, -0.1) is 11.8 Å². The molecule has 1 heterocycles. The van der Waals surface area contributed by atoms with Gasteiger partial charge < -0.3 is 15.1 Å². The molecule has 0 atom stereocenters. The highest BCUT2D eigenvalue weighted by Crippen LogP contribution is 2.20. The summed E-state index contributed by atoms with van der Waals surface area (Å²) in [5.74, 6) is 0.956. The maximum atomic E-state index is 12.5. The Labute approximate surface area is 168 Å². The Morgan fingerprint density at radius 2 is 1.79 bits per heavy atom. The highest BCUT2D eigenvalue weighted by atomic mass is 32.2. The van der Waals surface area contributed by atoms with Gasteiger partial charge in [0.15, 0.2) is 0 Å². The molecule has 2 N–H and O–H groups in total. The van der Waals surface area contributed by atoms with E-state index in [0.717, 1.165) is 4.90 Å². The summed E-state index contributed by atoms with van der Waals surface area (Å²) in [7, 11) is 0. The van der Waals surface area contributed by atoms with Gasteiger partial charge in [-0.25, -0.2) is 0 Å². The first-order valence-electron chi connectivity index (χ1n) is 9.01. The first-order chi connectivity index (χ1) is 13.6. The molecule has 0 saturated carbocycles. The van der Waals surface area contributed by atoms with Gasteiger partial charge in [0, 0.05) is 17.1 Å². The third kappa shape index (κ3) is 5.76. The average Bonchev–Trinajstić information content (AvgIpc) is 3.22. The number of benzene rings is 2. The van der Waals surface area contributed by atoms with Crippen molar-refractivity contribution in [2.24, 2.45) is 0 Å². The van der Waals surface area contributed by atoms with Crippen molar-refractivity contribution in [2.75, 3.05) is 11.1 Å². The second-order valence-corrected chi connectivity index (χ2v) is 7.44. The molecule has 2 aromatic carbocycles. The number of carbonyl (C=O) groups excluding carboxylic acids is 2. The molecule has 3 rings (SSSR count). The lowest BCUT2D eigenvalue weighted by molar-refractivity contribution is -0.115. The van der Waals surface area contributed by atoms with Crippen LogP contribution in [0.25, 0.3) is 0 Å². The van der Waals surface area contributed by atoms with E-state index in [9.17, 15) is 9.59 Å². The van der Waals surface area contributed by atoms with Crippen molar-refractivity contribution >= 4 is 29.3 Å². The van der Waals surface area contributed by atoms with Crippen molar-refractivity contribution in [3.63, 3.8) is 0 Å². The van der Waals surface area contributed by atoms with Gasteiger partial charge in [-0.3, -0.25) is 9.59 Å². The van der Waals surface area contributed by atoms with Gasteiger partial charge in [0.25, 0.3) is 5.91 Å². The van der Waals surface area contributed by atoms with Crippen LogP contribution in [0, 0.1) is 6.92 Å². The van der Waals surface area contributed by atoms with Crippen LogP contribution in [0.5, 0.6) is 0 Å². The minimum absolute atomic E-state index is 0.120. The molecule has 0 unspecified atom stereocenters. The van der Waals surface area contributed by atoms with Gasteiger partial charge >= 0.3 is 0 Å². The monoisotopic (exact) mass is 394 g/mol. The summed E-state index contributed by atoms with van der Waals surface area (Å²) in [6.45, 7) is 2.34. The van der Waals surface area contributed by atoms with Crippen LogP contribution in [0.3, 0.4) is 0 Å². The number of nitrogens with one attached hydrogen (secondary N) is 2. The summed E-state index contributed by atoms with van der Waals surface area (Å²) in [6.07, 6.45) is 1.92. The van der Waals surface area contributed by atoms with Gasteiger partial charge in [-0.1, -0.05) is 29.8 Å². The Kier molecular flexibility index (Phi) is 6.92. The fraction of sp³-hybridized carbons (Fsp3) is 0.182. The third-order valence-corrected chi connectivity index (χ3v) is 5.08. The predicted molar refractivity (Wildman–Crippen MR) is 111 cm³/mol. The second-order valence-electron chi connectivity index (χ2n) is 6.27. The molecule has 3 aromatic rings. The van der Waals surface area contributed by atoms with Gasteiger partial charge in [-0.05, 0) is 43.3 Å². The Balaban J connectivity index is 1.52. The number of amides is 2. The zero-order chi connectivity index (χ0) is 19.8. The smallest absolute Gasteiger partial charge is 0.253 e. The van der Waals surface area contributed by atoms with Crippen molar-refractivity contribution in [3.05, 3.63) is 83.8 Å². The number of anilines is 1. The van der Waals surface area contributed by atoms with E-state index in [1.54, 1.807) is 54.4 Å². The topological polar surface area (TPSA) is 71.3 Å². The molecular formula is C22H22N2O3S. The fourth-order valence-corrected chi connectivity index (χ4v) is 3.43. The predicted octanol–water partition coefficient (Wildman–Crippen LogP) is 4.64. The van der Waals surface area contributed by atoms with Gasteiger partial charge in [0.2, 0.25) is 5.91 Å². The number of thioether (sulfide) groups is 1. The van der Waals surface area contributed by atoms with Crippen molar-refractivity contribution in [3.8, 4) is 0 Å². The lowest BCUT2D eigenvalue weighted by atomic mass is 10.1. The Morgan fingerprint density at radius 1 is 1.00 bits per heavy atom. The number of hydrogen-bond donors (Lipinski definition) is 2. The van der Waals surface area contributed by atoms with Crippen LogP contribution in [0.2, 0.25) is 0 Å². The van der Waals surface area contributed by atoms with E-state index in [4.69, 9.17) is 4.42 Å². The number of carbonyl (C=O) groups is 2. The van der Waals surface area contributed by atoms with Crippen LogP contribution in [-0.2, 0) is 11.3 Å². The summed E-state index contributed by atoms with van der Waals surface area (Å²) in [5, 5.41) is 5.64. The van der Waals surface area contributed by atoms with Gasteiger partial charge in [0.05, 0.1) is 24.1 Å². The summed E-state index contributed by atoms with van der Waals surface area (Å²) in [4.78, 5) is 25.9. The van der Waals surface area contributed by atoms with E-state index >= 15 is 0 Å². The number of hydrogen-bond acceptors (Lipinski definition) is 4. The normalized spacial score (nSPS) is 10.5. The van der Waals surface area contributed by atoms with E-state index in [1.165, 1.54) is 5.56 Å². The van der Waals surface area contributed by atoms with E-state index < -0.39 is 0 Å². The largest absolute Gasteiger partial charge is 0.467 e. The standard InChI is InChI=1S/C22H22N2O3S/c1-16-8-10-18(11-9-16)28-14-12-21(25)24-20-7-3-2-6-19(20)22(26)23-15-17-5-4-13-27-17/h2-11,13H,12,14-15H2,1H3,(H,23,26)(H,24,25). The minimum atomic E-state index is -0.263. The van der Waals surface area contributed by atoms with E-state index in [-0.39, 0.29) is 11.8 Å². The quantitative estimate of drug-likeness (QED) is 0.546. The highest BCUT2D eigenvalue weighted by molar-refractivity contribution is 7.99. The average molecular weight is 394 g/mol. The summed E-state index contributed by atoms with van der Waals surface area (Å²) in [6, 6.07) is 18.8. The van der Waals surface area contributed by atoms with Crippen LogP contribution in [0.4, 0.5) is 5.69 Å². The summed E-state index contributed by atoms with van der Waals surface area (Å²) < 4.78 is 5.22. The van der Waals surface area contributed by atoms with Crippen LogP contribution in [0.1, 0.15) is 28.1 Å². The molecule has 0 radical (unpaired) electrons. The van der Waals surface area contributed by atoms with E-state index in [1.807, 2.05) is 6.92 Å². The molecule has 0 fully saturated rings. The van der Waals surface area contributed by atoms with Crippen LogP contribution >= 0.6 is 11.8 Å². The Hall–Kier alpha value is -2.99. The number of rotatable bonds is 8. The lowest BCUT2D eigenvalue weighted by Gasteiger charge is -2.11. The van der Waals surface area contributed by atoms with E-state index in [0.29, 0.717) is 35.7 Å². The van der Waals surface area contributed by atoms with Crippen LogP contribution < -0.4 is 10.6 Å². The van der Waals surface area contributed by atoms with Crippen LogP contribution in [0.15, 0.2) is 76.2 Å². The maximum absolute atomic E-state index is 12.5. The molecule has 5 nitrogen and oxygen atoms in total. The number of para-hydroxylation sites is 1. The molecule has 0 spiro atoms. The van der Waals surface area contributed by atoms with Gasteiger partial charge in [0.1, 0.15) is 5.76 Å². The number of aryl methyl sites for hydroxylation is 1. The molecule has 0 aliphatic heterocycles. The molecular weight excluding hydrogens is 372 g/mol. The van der Waals surface area contributed by atoms with Crippen molar-refractivity contribution in [1.82, 2.24) is 5.32 Å². The molecule has 0 saturated heterocycles. The molecule has 1 aromatic heterocycles. The minimum Gasteiger partial charge on any atom is -0.467 e. The molecule has 0 aliphatic rings. The van der Waals surface area contributed by atoms with E-state index in [2.05, 4.69) is 34.9 Å². The fourth-order valence-electron chi connectivity index (χ4n) is 2.57. The van der Waals surface area contributed by atoms with Crippen molar-refractivity contribution < 1.29 is 14.0 Å². The first-order valence-corrected chi connectivity index (χ1v) is 9.99. The van der Waals surface area contributed by atoms with Crippen LogP contribution in [-0.4, -0.2) is 17.6 Å². The molecule has 28 heavy (non-hydrogen) atoms. The molecule has 0 aliphatic carbocycles. The Morgan fingerprint density at radius 3 is 2.54 bits per heavy atom. The van der Waals surface area contributed by atoms with Gasteiger partial charge in [-0.2, -0.15) is 0 Å². The molecule has 2 amide bonds. The Bertz CT molecular complexity index is 921. The highest BCUT2D eigenvalue weighted by Gasteiger charge is 2.13. The molecule has 0 bridgehead atoms. The molecule has 144 valence electrons.